The van der Waals surface area contributed by atoms with Gasteiger partial charge in [-0.2, -0.15) is 0 Å². The molecule has 0 radical (unpaired) electrons. The van der Waals surface area contributed by atoms with E-state index in [2.05, 4.69) is 0 Å². The van der Waals surface area contributed by atoms with Crippen molar-refractivity contribution in [2.45, 2.75) is 19.4 Å². The quantitative estimate of drug-likeness (QED) is 0.651. The minimum Gasteiger partial charge on any atom is -0.469 e. The standard InChI is InChI=1S/C11H19NO4/c1-5-8-9(11(14)16-4)7(6-12(8)2)10(13)15-3/h7-9H,5-6H2,1-4H3. The van der Waals surface area contributed by atoms with Gasteiger partial charge in [0, 0.05) is 12.6 Å². The molecule has 0 amide bonds. The number of carbonyl (C=O) groups excluding carboxylic acids is 2. The predicted molar refractivity (Wildman–Crippen MR) is 57.7 cm³/mol. The molecule has 0 aromatic heterocycles. The molecule has 5 nitrogen and oxygen atoms in total. The van der Waals surface area contributed by atoms with Crippen LogP contribution >= 0.6 is 0 Å². The first-order valence-electron chi connectivity index (χ1n) is 5.42. The van der Waals surface area contributed by atoms with Gasteiger partial charge in [0.25, 0.3) is 0 Å². The highest BCUT2D eigenvalue weighted by Gasteiger charge is 2.48. The molecule has 16 heavy (non-hydrogen) atoms. The van der Waals surface area contributed by atoms with Crippen molar-refractivity contribution >= 4 is 11.9 Å². The summed E-state index contributed by atoms with van der Waals surface area (Å²) in [5.41, 5.74) is 0. The van der Waals surface area contributed by atoms with E-state index >= 15 is 0 Å². The van der Waals surface area contributed by atoms with Gasteiger partial charge < -0.3 is 14.4 Å². The van der Waals surface area contributed by atoms with Gasteiger partial charge in [0.1, 0.15) is 0 Å². The SMILES string of the molecule is CCC1C(C(=O)OC)C(C(=O)OC)CN1C. The fourth-order valence-corrected chi connectivity index (χ4v) is 2.50. The van der Waals surface area contributed by atoms with Crippen molar-refractivity contribution in [2.24, 2.45) is 11.8 Å². The number of likely N-dealkylation sites (tertiary alicyclic amines) is 1. The molecule has 92 valence electrons. The fourth-order valence-electron chi connectivity index (χ4n) is 2.50. The third-order valence-corrected chi connectivity index (χ3v) is 3.29. The molecule has 0 N–H and O–H groups in total. The van der Waals surface area contributed by atoms with Gasteiger partial charge in [0.15, 0.2) is 0 Å². The lowest BCUT2D eigenvalue weighted by molar-refractivity contribution is -0.156. The Hall–Kier alpha value is -1.10. The first-order valence-corrected chi connectivity index (χ1v) is 5.42. The molecule has 0 aromatic carbocycles. The third-order valence-electron chi connectivity index (χ3n) is 3.29. The Morgan fingerprint density at radius 1 is 1.25 bits per heavy atom. The number of esters is 2. The molecule has 0 aromatic rings. The summed E-state index contributed by atoms with van der Waals surface area (Å²) < 4.78 is 9.49. The Balaban J connectivity index is 2.92. The van der Waals surface area contributed by atoms with Crippen LogP contribution in [0.15, 0.2) is 0 Å². The summed E-state index contributed by atoms with van der Waals surface area (Å²) in [5, 5.41) is 0. The van der Waals surface area contributed by atoms with Gasteiger partial charge in [-0.1, -0.05) is 6.92 Å². The lowest BCUT2D eigenvalue weighted by Gasteiger charge is -2.22. The van der Waals surface area contributed by atoms with E-state index in [1.165, 1.54) is 14.2 Å². The molecule has 3 unspecified atom stereocenters. The molecule has 5 heteroatoms. The summed E-state index contributed by atoms with van der Waals surface area (Å²) in [6.07, 6.45) is 0.809. The van der Waals surface area contributed by atoms with Crippen molar-refractivity contribution in [3.63, 3.8) is 0 Å². The molecule has 3 atom stereocenters. The van der Waals surface area contributed by atoms with Crippen molar-refractivity contribution in [1.29, 1.82) is 0 Å². The zero-order valence-corrected chi connectivity index (χ0v) is 10.2. The van der Waals surface area contributed by atoms with Crippen LogP contribution in [0.2, 0.25) is 0 Å². The van der Waals surface area contributed by atoms with E-state index in [0.717, 1.165) is 6.42 Å². The zero-order chi connectivity index (χ0) is 12.3. The molecule has 0 aliphatic carbocycles. The average molecular weight is 229 g/mol. The summed E-state index contributed by atoms with van der Waals surface area (Å²) in [7, 11) is 4.60. The normalized spacial score (nSPS) is 30.1. The first-order chi connectivity index (χ1) is 7.56. The van der Waals surface area contributed by atoms with E-state index in [1.54, 1.807) is 0 Å². The molecule has 1 aliphatic rings. The van der Waals surface area contributed by atoms with Crippen LogP contribution in [0.3, 0.4) is 0 Å². The number of carbonyl (C=O) groups is 2. The van der Waals surface area contributed by atoms with Gasteiger partial charge in [0.05, 0.1) is 26.1 Å². The number of methoxy groups -OCH3 is 2. The molecular formula is C11H19NO4. The van der Waals surface area contributed by atoms with Crippen LogP contribution in [-0.2, 0) is 19.1 Å². The van der Waals surface area contributed by atoms with Gasteiger partial charge in [-0.25, -0.2) is 0 Å². The van der Waals surface area contributed by atoms with E-state index in [-0.39, 0.29) is 18.0 Å². The number of ether oxygens (including phenoxy) is 2. The molecule has 0 saturated carbocycles. The van der Waals surface area contributed by atoms with Crippen molar-refractivity contribution in [3.05, 3.63) is 0 Å². The van der Waals surface area contributed by atoms with Gasteiger partial charge in [-0.3, -0.25) is 9.59 Å². The van der Waals surface area contributed by atoms with Crippen molar-refractivity contribution < 1.29 is 19.1 Å². The van der Waals surface area contributed by atoms with E-state index in [1.807, 2.05) is 18.9 Å². The van der Waals surface area contributed by atoms with E-state index < -0.39 is 11.8 Å². The second-order valence-corrected chi connectivity index (χ2v) is 4.09. The van der Waals surface area contributed by atoms with Crippen LogP contribution in [0.5, 0.6) is 0 Å². The summed E-state index contributed by atoms with van der Waals surface area (Å²) in [4.78, 5) is 25.3. The molecule has 1 heterocycles. The molecular weight excluding hydrogens is 210 g/mol. The lowest BCUT2D eigenvalue weighted by Crippen LogP contribution is -2.36. The van der Waals surface area contributed by atoms with Crippen LogP contribution in [0, 0.1) is 11.8 Å². The topological polar surface area (TPSA) is 55.8 Å². The maximum absolute atomic E-state index is 11.7. The van der Waals surface area contributed by atoms with Crippen LogP contribution in [0.4, 0.5) is 0 Å². The molecule has 1 fully saturated rings. The molecule has 1 aliphatic heterocycles. The van der Waals surface area contributed by atoms with Gasteiger partial charge in [-0.05, 0) is 13.5 Å². The average Bonchev–Trinajstić information content (AvgIpc) is 2.63. The summed E-state index contributed by atoms with van der Waals surface area (Å²) in [5.74, 6) is -1.48. The molecule has 0 spiro atoms. The van der Waals surface area contributed by atoms with Crippen LogP contribution in [0.25, 0.3) is 0 Å². The van der Waals surface area contributed by atoms with Crippen molar-refractivity contribution in [3.8, 4) is 0 Å². The monoisotopic (exact) mass is 229 g/mol. The van der Waals surface area contributed by atoms with Crippen LogP contribution < -0.4 is 0 Å². The van der Waals surface area contributed by atoms with Crippen molar-refractivity contribution in [2.75, 3.05) is 27.8 Å². The smallest absolute Gasteiger partial charge is 0.311 e. The first kappa shape index (κ1) is 13.0. The Morgan fingerprint density at radius 2 is 1.81 bits per heavy atom. The molecule has 1 saturated heterocycles. The third kappa shape index (κ3) is 2.19. The highest BCUT2D eigenvalue weighted by molar-refractivity contribution is 5.83. The Bertz CT molecular complexity index is 279. The van der Waals surface area contributed by atoms with Gasteiger partial charge in [-0.15, -0.1) is 0 Å². The van der Waals surface area contributed by atoms with Crippen LogP contribution in [0.1, 0.15) is 13.3 Å². The summed E-state index contributed by atoms with van der Waals surface area (Å²) in [6.45, 7) is 2.54. The summed E-state index contributed by atoms with van der Waals surface area (Å²) in [6, 6.07) is 0.0524. The van der Waals surface area contributed by atoms with E-state index in [0.29, 0.717) is 6.54 Å². The van der Waals surface area contributed by atoms with E-state index in [9.17, 15) is 9.59 Å². The van der Waals surface area contributed by atoms with E-state index in [4.69, 9.17) is 9.47 Å². The Kier molecular flexibility index (Phi) is 4.29. The Labute approximate surface area is 95.7 Å². The number of nitrogens with zero attached hydrogens (tertiary/aromatic N) is 1. The number of hydrogen-bond acceptors (Lipinski definition) is 5. The second kappa shape index (κ2) is 5.30. The highest BCUT2D eigenvalue weighted by atomic mass is 16.5. The maximum Gasteiger partial charge on any atom is 0.311 e. The molecule has 1 rings (SSSR count). The van der Waals surface area contributed by atoms with Gasteiger partial charge >= 0.3 is 11.9 Å². The predicted octanol–water partition coefficient (Wildman–Crippen LogP) is 0.289. The zero-order valence-electron chi connectivity index (χ0n) is 10.2. The minimum atomic E-state index is -0.410. The Morgan fingerprint density at radius 3 is 2.25 bits per heavy atom. The largest absolute Gasteiger partial charge is 0.469 e. The van der Waals surface area contributed by atoms with Gasteiger partial charge in [0.2, 0.25) is 0 Å². The minimum absolute atomic E-state index is 0.0524. The number of rotatable bonds is 3. The fraction of sp³-hybridized carbons (Fsp3) is 0.818. The summed E-state index contributed by atoms with van der Waals surface area (Å²) >= 11 is 0. The lowest BCUT2D eigenvalue weighted by atomic mass is 9.89. The maximum atomic E-state index is 11.7. The second-order valence-electron chi connectivity index (χ2n) is 4.09. The highest BCUT2D eigenvalue weighted by Crippen LogP contribution is 2.32. The number of hydrogen-bond donors (Lipinski definition) is 0. The van der Waals surface area contributed by atoms with Crippen LogP contribution in [-0.4, -0.2) is 50.7 Å². The molecule has 0 bridgehead atoms. The van der Waals surface area contributed by atoms with Crippen molar-refractivity contribution in [1.82, 2.24) is 4.90 Å².